The lowest BCUT2D eigenvalue weighted by atomic mass is 9.99. The number of hydrogen-bond acceptors (Lipinski definition) is 3. The number of halogens is 6. The van der Waals surface area contributed by atoms with Crippen LogP contribution in [-0.2, 0) is 36.7 Å². The van der Waals surface area contributed by atoms with E-state index in [-0.39, 0.29) is 29.4 Å². The lowest BCUT2D eigenvalue weighted by Gasteiger charge is -2.18. The molecule has 1 atom stereocenters. The van der Waals surface area contributed by atoms with Gasteiger partial charge in [0.25, 0.3) is 0 Å². The van der Waals surface area contributed by atoms with Gasteiger partial charge in [0, 0.05) is 18.0 Å². The Morgan fingerprint density at radius 2 is 1.57 bits per heavy atom. The third-order valence-corrected chi connectivity index (χ3v) is 5.65. The topological polar surface area (TPSA) is 47.6 Å². The summed E-state index contributed by atoms with van der Waals surface area (Å²) in [5.74, 6) is -0.192. The molecule has 3 rings (SSSR count). The maximum atomic E-state index is 13.4. The molecule has 0 radical (unpaired) electrons. The van der Waals surface area contributed by atoms with E-state index < -0.39 is 35.6 Å². The number of alkyl halides is 6. The predicted octanol–water partition coefficient (Wildman–Crippen LogP) is 6.81. The van der Waals surface area contributed by atoms with Crippen molar-refractivity contribution in [3.05, 3.63) is 94.5 Å². The summed E-state index contributed by atoms with van der Waals surface area (Å²) in [5.41, 5.74) is -1.57. The Morgan fingerprint density at radius 1 is 0.865 bits per heavy atom. The van der Waals surface area contributed by atoms with Crippen molar-refractivity contribution in [2.24, 2.45) is 5.92 Å². The maximum absolute atomic E-state index is 13.4. The van der Waals surface area contributed by atoms with Crippen LogP contribution in [0.2, 0.25) is 0 Å². The first-order chi connectivity index (χ1) is 17.4. The van der Waals surface area contributed by atoms with Crippen LogP contribution in [0.4, 0.5) is 26.3 Å². The number of nitrogens with one attached hydrogen (secondary N) is 1. The number of hydrogen-bond donors (Lipinski definition) is 1. The normalized spacial score (nSPS) is 12.6. The zero-order valence-electron chi connectivity index (χ0n) is 20.0. The van der Waals surface area contributed by atoms with Crippen LogP contribution in [0.25, 0.3) is 0 Å². The van der Waals surface area contributed by atoms with Crippen LogP contribution >= 0.6 is 0 Å². The summed E-state index contributed by atoms with van der Waals surface area (Å²) >= 11 is 0. The van der Waals surface area contributed by atoms with Crippen molar-refractivity contribution in [3.63, 3.8) is 0 Å². The van der Waals surface area contributed by atoms with Crippen LogP contribution < -0.4 is 14.8 Å². The van der Waals surface area contributed by atoms with Crippen LogP contribution in [-0.4, -0.2) is 13.0 Å². The van der Waals surface area contributed by atoms with E-state index in [0.29, 0.717) is 19.0 Å². The van der Waals surface area contributed by atoms with Crippen molar-refractivity contribution < 1.29 is 40.6 Å². The van der Waals surface area contributed by atoms with Crippen LogP contribution in [0.3, 0.4) is 0 Å². The quantitative estimate of drug-likeness (QED) is 0.313. The van der Waals surface area contributed by atoms with Crippen LogP contribution in [0.1, 0.15) is 34.7 Å². The van der Waals surface area contributed by atoms with Crippen LogP contribution in [0, 0.1) is 5.92 Å². The minimum Gasteiger partial charge on any atom is -0.493 e. The number of amides is 1. The fourth-order valence-corrected chi connectivity index (χ4v) is 3.66. The fourth-order valence-electron chi connectivity index (χ4n) is 3.66. The molecule has 3 aromatic carbocycles. The molecule has 0 fully saturated rings. The second-order valence-electron chi connectivity index (χ2n) is 8.45. The second-order valence-corrected chi connectivity index (χ2v) is 8.45. The average Bonchev–Trinajstić information content (AvgIpc) is 2.85. The van der Waals surface area contributed by atoms with Crippen LogP contribution in [0.5, 0.6) is 11.5 Å². The van der Waals surface area contributed by atoms with E-state index in [2.05, 4.69) is 5.32 Å². The lowest BCUT2D eigenvalue weighted by molar-refractivity contribution is -0.143. The van der Waals surface area contributed by atoms with E-state index >= 15 is 0 Å². The molecule has 198 valence electrons. The van der Waals surface area contributed by atoms with Gasteiger partial charge < -0.3 is 14.8 Å². The first-order valence-corrected chi connectivity index (χ1v) is 11.3. The van der Waals surface area contributed by atoms with Gasteiger partial charge in [-0.1, -0.05) is 49.4 Å². The standard InChI is InChI=1S/C27H25F6NO3/c1-17(25(35)34-15-18-6-4-3-5-7-18)12-19-8-11-23(24(13-19)36-2)37-16-20-9-10-21(26(28,29)30)14-22(20)27(31,32)33/h3-11,13-14,17H,12,15-16H2,1-2H3,(H,34,35). The smallest absolute Gasteiger partial charge is 0.416 e. The summed E-state index contributed by atoms with van der Waals surface area (Å²) in [6.45, 7) is 1.53. The summed E-state index contributed by atoms with van der Waals surface area (Å²) in [5, 5.41) is 2.87. The zero-order valence-corrected chi connectivity index (χ0v) is 20.0. The molecule has 1 amide bonds. The highest BCUT2D eigenvalue weighted by Gasteiger charge is 2.38. The molecular formula is C27H25F6NO3. The van der Waals surface area contributed by atoms with Gasteiger partial charge in [-0.2, -0.15) is 26.3 Å². The average molecular weight is 525 g/mol. The van der Waals surface area contributed by atoms with Crippen molar-refractivity contribution in [1.29, 1.82) is 0 Å². The highest BCUT2D eigenvalue weighted by atomic mass is 19.4. The van der Waals surface area contributed by atoms with E-state index in [4.69, 9.17) is 9.47 Å². The van der Waals surface area contributed by atoms with Gasteiger partial charge in [-0.05, 0) is 41.8 Å². The van der Waals surface area contributed by atoms with Gasteiger partial charge in [0.05, 0.1) is 18.2 Å². The fraction of sp³-hybridized carbons (Fsp3) is 0.296. The Bertz CT molecular complexity index is 1210. The molecule has 0 saturated carbocycles. The highest BCUT2D eigenvalue weighted by Crippen LogP contribution is 2.38. The lowest BCUT2D eigenvalue weighted by Crippen LogP contribution is -2.29. The molecule has 10 heteroatoms. The Balaban J connectivity index is 1.68. The molecule has 3 aromatic rings. The summed E-state index contributed by atoms with van der Waals surface area (Å²) < 4.78 is 89.7. The minimum absolute atomic E-state index is 0.0727. The summed E-state index contributed by atoms with van der Waals surface area (Å²) in [6, 6.07) is 15.6. The Labute approximate surface area is 210 Å². The third-order valence-electron chi connectivity index (χ3n) is 5.65. The SMILES string of the molecule is COc1cc(CC(C)C(=O)NCc2ccccc2)ccc1OCc1ccc(C(F)(F)F)cc1C(F)(F)F. The predicted molar refractivity (Wildman–Crippen MR) is 125 cm³/mol. The van der Waals surface area contributed by atoms with E-state index in [9.17, 15) is 31.1 Å². The van der Waals surface area contributed by atoms with Gasteiger partial charge in [-0.25, -0.2) is 0 Å². The summed E-state index contributed by atoms with van der Waals surface area (Å²) in [6.07, 6.45) is -9.53. The van der Waals surface area contributed by atoms with Crippen molar-refractivity contribution in [2.45, 2.75) is 38.8 Å². The van der Waals surface area contributed by atoms with E-state index in [0.717, 1.165) is 17.2 Å². The highest BCUT2D eigenvalue weighted by molar-refractivity contribution is 5.78. The number of ether oxygens (including phenoxy) is 2. The van der Waals surface area contributed by atoms with Crippen molar-refractivity contribution in [2.75, 3.05) is 7.11 Å². The van der Waals surface area contributed by atoms with Crippen LogP contribution in [0.15, 0.2) is 66.7 Å². The van der Waals surface area contributed by atoms with E-state index in [1.807, 2.05) is 30.3 Å². The van der Waals surface area contributed by atoms with Gasteiger partial charge >= 0.3 is 12.4 Å². The molecule has 37 heavy (non-hydrogen) atoms. The Kier molecular flexibility index (Phi) is 8.73. The molecule has 0 aliphatic carbocycles. The summed E-state index contributed by atoms with van der Waals surface area (Å²) in [7, 11) is 1.35. The number of carbonyl (C=O) groups excluding carboxylic acids is 1. The van der Waals surface area contributed by atoms with Crippen molar-refractivity contribution in [1.82, 2.24) is 5.32 Å². The minimum atomic E-state index is -4.99. The first kappa shape index (κ1) is 27.9. The van der Waals surface area contributed by atoms with E-state index in [1.54, 1.807) is 19.1 Å². The molecule has 0 aromatic heterocycles. The van der Waals surface area contributed by atoms with Gasteiger partial charge in [0.15, 0.2) is 11.5 Å². The molecule has 0 aliphatic heterocycles. The largest absolute Gasteiger partial charge is 0.493 e. The first-order valence-electron chi connectivity index (χ1n) is 11.3. The summed E-state index contributed by atoms with van der Waals surface area (Å²) in [4.78, 5) is 12.5. The van der Waals surface area contributed by atoms with Crippen molar-refractivity contribution in [3.8, 4) is 11.5 Å². The number of methoxy groups -OCH3 is 1. The Hall–Kier alpha value is -3.69. The number of rotatable bonds is 9. The van der Waals surface area contributed by atoms with Gasteiger partial charge in [-0.15, -0.1) is 0 Å². The Morgan fingerprint density at radius 3 is 2.19 bits per heavy atom. The maximum Gasteiger partial charge on any atom is 0.416 e. The third kappa shape index (κ3) is 7.65. The van der Waals surface area contributed by atoms with E-state index in [1.165, 1.54) is 13.2 Å². The second kappa shape index (κ2) is 11.6. The molecule has 0 spiro atoms. The zero-order chi connectivity index (χ0) is 27.2. The van der Waals surface area contributed by atoms with Gasteiger partial charge in [0.1, 0.15) is 6.61 Å². The molecule has 0 heterocycles. The molecular weight excluding hydrogens is 500 g/mol. The number of carbonyl (C=O) groups is 1. The molecule has 1 unspecified atom stereocenters. The molecule has 1 N–H and O–H groups in total. The van der Waals surface area contributed by atoms with Gasteiger partial charge in [-0.3, -0.25) is 4.79 Å². The molecule has 4 nitrogen and oxygen atoms in total. The number of benzene rings is 3. The molecule has 0 bridgehead atoms. The van der Waals surface area contributed by atoms with Gasteiger partial charge in [0.2, 0.25) is 5.91 Å². The molecule has 0 saturated heterocycles. The molecule has 0 aliphatic rings. The monoisotopic (exact) mass is 525 g/mol. The van der Waals surface area contributed by atoms with Crippen molar-refractivity contribution >= 4 is 5.91 Å².